The highest BCUT2D eigenvalue weighted by Gasteiger charge is 2.23. The number of oxazole rings is 1. The molecule has 23 heavy (non-hydrogen) atoms. The van der Waals surface area contributed by atoms with Crippen LogP contribution in [-0.4, -0.2) is 36.3 Å². The molecular formula is C18H20N3O2+. The largest absolute Gasteiger partial charge is 0.506 e. The number of hydrogen-bond donors (Lipinski definition) is 2. The summed E-state index contributed by atoms with van der Waals surface area (Å²) in [6, 6.07) is 15.4. The summed E-state index contributed by atoms with van der Waals surface area (Å²) in [6.07, 6.45) is 0. The molecule has 5 heteroatoms. The Morgan fingerprint density at radius 1 is 1.04 bits per heavy atom. The van der Waals surface area contributed by atoms with Gasteiger partial charge >= 0.3 is 0 Å². The minimum absolute atomic E-state index is 0.356. The zero-order chi connectivity index (χ0) is 15.6. The lowest BCUT2D eigenvalue weighted by atomic mass is 10.2. The highest BCUT2D eigenvalue weighted by atomic mass is 16.3. The number of fused-ring (bicyclic) bond motifs is 1. The van der Waals surface area contributed by atoms with Crippen molar-refractivity contribution in [2.75, 3.05) is 31.1 Å². The summed E-state index contributed by atoms with van der Waals surface area (Å²) in [5.41, 5.74) is 2.71. The Bertz CT molecular complexity index is 774. The molecular weight excluding hydrogens is 290 g/mol. The second kappa shape index (κ2) is 5.93. The maximum absolute atomic E-state index is 9.97. The molecule has 0 unspecified atom stereocenters. The average Bonchev–Trinajstić information content (AvgIpc) is 2.98. The lowest BCUT2D eigenvalue weighted by Gasteiger charge is -2.33. The van der Waals surface area contributed by atoms with Crippen LogP contribution in [0, 0.1) is 0 Å². The van der Waals surface area contributed by atoms with Crippen molar-refractivity contribution in [2.45, 2.75) is 6.54 Å². The Kier molecular flexibility index (Phi) is 3.63. The molecule has 0 amide bonds. The van der Waals surface area contributed by atoms with Gasteiger partial charge in [0.25, 0.3) is 5.89 Å². The lowest BCUT2D eigenvalue weighted by molar-refractivity contribution is -0.915. The van der Waals surface area contributed by atoms with E-state index in [1.165, 1.54) is 4.90 Å². The Hall–Kier alpha value is -2.53. The van der Waals surface area contributed by atoms with Gasteiger partial charge in [0.1, 0.15) is 11.3 Å². The van der Waals surface area contributed by atoms with E-state index in [4.69, 9.17) is 4.42 Å². The molecule has 2 N–H and O–H groups in total. The quantitative estimate of drug-likeness (QED) is 0.769. The van der Waals surface area contributed by atoms with Crippen LogP contribution >= 0.6 is 0 Å². The van der Waals surface area contributed by atoms with Gasteiger partial charge in [-0.1, -0.05) is 24.3 Å². The number of anilines is 1. The van der Waals surface area contributed by atoms with Gasteiger partial charge in [0.15, 0.2) is 12.1 Å². The van der Waals surface area contributed by atoms with Crippen LogP contribution in [0.4, 0.5) is 5.69 Å². The molecule has 5 nitrogen and oxygen atoms in total. The first-order valence-corrected chi connectivity index (χ1v) is 8.00. The number of phenolic OH excluding ortho intramolecular Hbond substituents is 1. The van der Waals surface area contributed by atoms with Crippen LogP contribution in [0.5, 0.6) is 5.75 Å². The molecule has 0 radical (unpaired) electrons. The van der Waals surface area contributed by atoms with Gasteiger partial charge in [0.2, 0.25) is 0 Å². The molecule has 1 aliphatic rings. The van der Waals surface area contributed by atoms with E-state index in [0.29, 0.717) is 5.75 Å². The van der Waals surface area contributed by atoms with E-state index in [0.717, 1.165) is 55.4 Å². The summed E-state index contributed by atoms with van der Waals surface area (Å²) in [4.78, 5) is 8.26. The summed E-state index contributed by atoms with van der Waals surface area (Å²) in [7, 11) is 0. The third-order valence-electron chi connectivity index (χ3n) is 4.43. The van der Waals surface area contributed by atoms with Crippen molar-refractivity contribution in [3.63, 3.8) is 0 Å². The predicted octanol–water partition coefficient (Wildman–Crippen LogP) is 1.44. The number of rotatable bonds is 3. The Balaban J connectivity index is 1.41. The number of aromatic hydroxyl groups is 1. The van der Waals surface area contributed by atoms with Crippen LogP contribution in [0.1, 0.15) is 5.89 Å². The van der Waals surface area contributed by atoms with E-state index in [-0.39, 0.29) is 0 Å². The molecule has 2 heterocycles. The predicted molar refractivity (Wildman–Crippen MR) is 88.7 cm³/mol. The van der Waals surface area contributed by atoms with Crippen molar-refractivity contribution in [3.8, 4) is 5.75 Å². The number of piperazine rings is 1. The van der Waals surface area contributed by atoms with E-state index < -0.39 is 0 Å². The second-order valence-electron chi connectivity index (χ2n) is 5.98. The fraction of sp³-hybridized carbons (Fsp3) is 0.278. The van der Waals surface area contributed by atoms with Crippen LogP contribution in [-0.2, 0) is 6.54 Å². The Morgan fingerprint density at radius 3 is 2.57 bits per heavy atom. The van der Waals surface area contributed by atoms with Crippen molar-refractivity contribution in [3.05, 3.63) is 54.4 Å². The first-order chi connectivity index (χ1) is 11.3. The van der Waals surface area contributed by atoms with Gasteiger partial charge in [0.05, 0.1) is 31.9 Å². The van der Waals surface area contributed by atoms with Crippen LogP contribution in [0.3, 0.4) is 0 Å². The van der Waals surface area contributed by atoms with Gasteiger partial charge in [-0.3, -0.25) is 0 Å². The molecule has 0 saturated carbocycles. The first kappa shape index (κ1) is 14.1. The number of quaternary nitrogens is 1. The number of aromatic nitrogens is 1. The fourth-order valence-electron chi connectivity index (χ4n) is 3.18. The van der Waals surface area contributed by atoms with E-state index in [2.05, 4.69) is 9.88 Å². The lowest BCUT2D eigenvalue weighted by Crippen LogP contribution is -3.13. The van der Waals surface area contributed by atoms with Gasteiger partial charge in [-0.2, -0.15) is 0 Å². The summed E-state index contributed by atoms with van der Waals surface area (Å²) >= 11 is 0. The van der Waals surface area contributed by atoms with Gasteiger partial charge in [0, 0.05) is 0 Å². The molecule has 0 spiro atoms. The van der Waals surface area contributed by atoms with E-state index in [9.17, 15) is 5.11 Å². The van der Waals surface area contributed by atoms with Gasteiger partial charge in [-0.05, 0) is 24.3 Å². The molecule has 1 aliphatic heterocycles. The molecule has 118 valence electrons. The van der Waals surface area contributed by atoms with E-state index in [1.807, 2.05) is 42.5 Å². The van der Waals surface area contributed by atoms with E-state index >= 15 is 0 Å². The van der Waals surface area contributed by atoms with Gasteiger partial charge in [-0.15, -0.1) is 0 Å². The second-order valence-corrected chi connectivity index (χ2v) is 5.98. The summed E-state index contributed by atoms with van der Waals surface area (Å²) < 4.78 is 5.82. The fourth-order valence-corrected chi connectivity index (χ4v) is 3.18. The van der Waals surface area contributed by atoms with Crippen LogP contribution in [0.2, 0.25) is 0 Å². The van der Waals surface area contributed by atoms with Crippen LogP contribution in [0.25, 0.3) is 11.1 Å². The molecule has 1 saturated heterocycles. The van der Waals surface area contributed by atoms with Gasteiger partial charge in [-0.25, -0.2) is 4.98 Å². The molecule has 3 aromatic rings. The molecule has 1 aromatic heterocycles. The smallest absolute Gasteiger partial charge is 0.251 e. The van der Waals surface area contributed by atoms with Crippen molar-refractivity contribution in [1.82, 2.24) is 4.98 Å². The standard InChI is InChI=1S/C18H19N3O2/c22-16-7-3-2-6-15(16)21-11-9-20(10-12-21)13-18-19-14-5-1-4-8-17(14)23-18/h1-8,22H,9-13H2/p+1. The molecule has 1 fully saturated rings. The summed E-state index contributed by atoms with van der Waals surface area (Å²) in [5.74, 6) is 1.16. The van der Waals surface area contributed by atoms with E-state index in [1.54, 1.807) is 6.07 Å². The van der Waals surface area contributed by atoms with Crippen molar-refractivity contribution >= 4 is 16.8 Å². The molecule has 0 aliphatic carbocycles. The number of hydrogen-bond acceptors (Lipinski definition) is 4. The maximum atomic E-state index is 9.97. The highest BCUT2D eigenvalue weighted by molar-refractivity contribution is 5.72. The number of benzene rings is 2. The molecule has 0 bridgehead atoms. The molecule has 2 aromatic carbocycles. The minimum atomic E-state index is 0.356. The number of nitrogens with zero attached hydrogens (tertiary/aromatic N) is 2. The normalized spacial score (nSPS) is 16.1. The zero-order valence-corrected chi connectivity index (χ0v) is 12.9. The monoisotopic (exact) mass is 310 g/mol. The van der Waals surface area contributed by atoms with Crippen molar-refractivity contribution in [1.29, 1.82) is 0 Å². The van der Waals surface area contributed by atoms with Crippen molar-refractivity contribution in [2.24, 2.45) is 0 Å². The van der Waals surface area contributed by atoms with Gasteiger partial charge < -0.3 is 19.3 Å². The number of phenols is 1. The van der Waals surface area contributed by atoms with Crippen molar-refractivity contribution < 1.29 is 14.4 Å². The minimum Gasteiger partial charge on any atom is -0.506 e. The number of para-hydroxylation sites is 4. The Labute approximate surface area is 134 Å². The Morgan fingerprint density at radius 2 is 1.78 bits per heavy atom. The number of nitrogens with one attached hydrogen (secondary N) is 1. The topological polar surface area (TPSA) is 53.9 Å². The third-order valence-corrected chi connectivity index (χ3v) is 4.43. The third kappa shape index (κ3) is 2.87. The SMILES string of the molecule is Oc1ccccc1N1CC[NH+](Cc2nc3ccccc3o2)CC1. The van der Waals surface area contributed by atoms with Crippen LogP contribution < -0.4 is 9.80 Å². The zero-order valence-electron chi connectivity index (χ0n) is 12.9. The first-order valence-electron chi connectivity index (χ1n) is 8.00. The summed E-state index contributed by atoms with van der Waals surface area (Å²) in [6.45, 7) is 4.67. The average molecular weight is 310 g/mol. The highest BCUT2D eigenvalue weighted by Crippen LogP contribution is 2.26. The summed E-state index contributed by atoms with van der Waals surface area (Å²) in [5, 5.41) is 9.97. The maximum Gasteiger partial charge on any atom is 0.251 e. The van der Waals surface area contributed by atoms with Crippen LogP contribution in [0.15, 0.2) is 52.9 Å². The molecule has 4 rings (SSSR count). The molecule has 0 atom stereocenters.